The quantitative estimate of drug-likeness (QED) is 0.827. The number of hydrogen-bond donors (Lipinski definition) is 1. The Hall–Kier alpha value is -0.910. The van der Waals surface area contributed by atoms with Crippen molar-refractivity contribution >= 4 is 21.5 Å². The van der Waals surface area contributed by atoms with Crippen LogP contribution in [0.2, 0.25) is 0 Å². The molecule has 20 heavy (non-hydrogen) atoms. The number of rotatable bonds is 5. The van der Waals surface area contributed by atoms with E-state index in [9.17, 15) is 8.42 Å². The lowest BCUT2D eigenvalue weighted by molar-refractivity contribution is 0.356. The third-order valence-corrected chi connectivity index (χ3v) is 5.84. The number of hydrogen-bond acceptors (Lipinski definition) is 4. The van der Waals surface area contributed by atoms with Gasteiger partial charge in [0.05, 0.1) is 6.54 Å². The molecular weight excluding hydrogens is 294 g/mol. The van der Waals surface area contributed by atoms with Crippen LogP contribution in [0.5, 0.6) is 0 Å². The van der Waals surface area contributed by atoms with Crippen LogP contribution in [0, 0.1) is 11.8 Å². The van der Waals surface area contributed by atoms with E-state index in [2.05, 4.69) is 11.8 Å². The summed E-state index contributed by atoms with van der Waals surface area (Å²) in [6, 6.07) is 1.83. The summed E-state index contributed by atoms with van der Waals surface area (Å²) in [7, 11) is -0.258. The van der Waals surface area contributed by atoms with E-state index < -0.39 is 10.2 Å². The van der Waals surface area contributed by atoms with Crippen LogP contribution in [-0.4, -0.2) is 43.7 Å². The fraction of sp³-hybridized carbons (Fsp3) is 0.538. The van der Waals surface area contributed by atoms with Crippen molar-refractivity contribution in [3.63, 3.8) is 0 Å². The highest BCUT2D eigenvalue weighted by atomic mass is 32.2. The summed E-state index contributed by atoms with van der Waals surface area (Å²) in [6.45, 7) is 4.35. The largest absolute Gasteiger partial charge is 0.320 e. The lowest BCUT2D eigenvalue weighted by atomic mass is 10.3. The van der Waals surface area contributed by atoms with Gasteiger partial charge in [-0.15, -0.1) is 11.3 Å². The summed E-state index contributed by atoms with van der Waals surface area (Å²) in [5.74, 6) is 5.71. The monoisotopic (exact) mass is 315 g/mol. The van der Waals surface area contributed by atoms with E-state index in [1.54, 1.807) is 14.1 Å². The number of nitrogens with two attached hydrogens (primary N) is 1. The first-order valence-corrected chi connectivity index (χ1v) is 8.52. The molecule has 0 amide bonds. The van der Waals surface area contributed by atoms with Crippen molar-refractivity contribution in [2.24, 2.45) is 5.73 Å². The van der Waals surface area contributed by atoms with Crippen molar-refractivity contribution in [3.05, 3.63) is 21.9 Å². The molecule has 0 bridgehead atoms. The molecule has 0 aliphatic rings. The third-order valence-electron chi connectivity index (χ3n) is 2.85. The van der Waals surface area contributed by atoms with Gasteiger partial charge in [0.15, 0.2) is 0 Å². The summed E-state index contributed by atoms with van der Waals surface area (Å²) >= 11 is 1.50. The molecule has 1 rings (SSSR count). The summed E-state index contributed by atoms with van der Waals surface area (Å²) in [5, 5.41) is 1.91. The molecule has 1 heterocycles. The average molecular weight is 315 g/mol. The summed E-state index contributed by atoms with van der Waals surface area (Å²) < 4.78 is 27.2. The minimum Gasteiger partial charge on any atom is -0.320 e. The Balaban J connectivity index is 2.80. The van der Waals surface area contributed by atoms with Crippen LogP contribution in [-0.2, 0) is 16.8 Å². The maximum atomic E-state index is 12.3. The van der Waals surface area contributed by atoms with E-state index >= 15 is 0 Å². The molecule has 112 valence electrons. The molecule has 0 saturated heterocycles. The zero-order valence-corrected chi connectivity index (χ0v) is 13.9. The van der Waals surface area contributed by atoms with Crippen LogP contribution in [0.3, 0.4) is 0 Å². The normalized spacial score (nSPS) is 12.0. The van der Waals surface area contributed by atoms with E-state index in [0.29, 0.717) is 13.1 Å². The van der Waals surface area contributed by atoms with Crippen molar-refractivity contribution in [3.8, 4) is 11.8 Å². The van der Waals surface area contributed by atoms with Gasteiger partial charge >= 0.3 is 0 Å². The maximum Gasteiger partial charge on any atom is 0.282 e. The zero-order chi connectivity index (χ0) is 15.3. The van der Waals surface area contributed by atoms with Crippen molar-refractivity contribution in [2.75, 3.05) is 20.6 Å². The molecule has 5 nitrogen and oxygen atoms in total. The van der Waals surface area contributed by atoms with Crippen LogP contribution < -0.4 is 5.73 Å². The van der Waals surface area contributed by atoms with Crippen LogP contribution in [0.1, 0.15) is 24.3 Å². The van der Waals surface area contributed by atoms with Crippen molar-refractivity contribution in [2.45, 2.75) is 26.4 Å². The highest BCUT2D eigenvalue weighted by Crippen LogP contribution is 2.18. The van der Waals surface area contributed by atoms with Gasteiger partial charge in [-0.2, -0.15) is 17.0 Å². The topological polar surface area (TPSA) is 66.6 Å². The molecule has 0 atom stereocenters. The minimum atomic E-state index is -3.43. The summed E-state index contributed by atoms with van der Waals surface area (Å²) in [5.41, 5.74) is 6.19. The highest BCUT2D eigenvalue weighted by Gasteiger charge is 2.25. The lowest BCUT2D eigenvalue weighted by Gasteiger charge is -2.26. The first kappa shape index (κ1) is 17.1. The summed E-state index contributed by atoms with van der Waals surface area (Å²) in [4.78, 5) is 0.953. The molecule has 0 aliphatic carbocycles. The second kappa shape index (κ2) is 7.20. The average Bonchev–Trinajstić information content (AvgIpc) is 2.82. The van der Waals surface area contributed by atoms with E-state index in [-0.39, 0.29) is 6.04 Å². The molecule has 0 fully saturated rings. The molecule has 0 unspecified atom stereocenters. The maximum absolute atomic E-state index is 12.3. The van der Waals surface area contributed by atoms with E-state index in [1.807, 2.05) is 25.3 Å². The van der Waals surface area contributed by atoms with Gasteiger partial charge in [0.25, 0.3) is 10.2 Å². The predicted molar refractivity (Wildman–Crippen MR) is 83.5 cm³/mol. The van der Waals surface area contributed by atoms with Gasteiger partial charge in [0.1, 0.15) is 0 Å². The van der Waals surface area contributed by atoms with Crippen LogP contribution in [0.25, 0.3) is 0 Å². The second-order valence-corrected chi connectivity index (χ2v) is 7.77. The minimum absolute atomic E-state index is 0.0724. The van der Waals surface area contributed by atoms with E-state index in [1.165, 1.54) is 19.9 Å². The van der Waals surface area contributed by atoms with Gasteiger partial charge in [-0.25, -0.2) is 0 Å². The Labute approximate surface area is 125 Å². The Bertz CT molecular complexity index is 597. The van der Waals surface area contributed by atoms with Crippen LogP contribution in [0.15, 0.2) is 11.4 Å². The molecule has 0 aliphatic heterocycles. The first-order chi connectivity index (χ1) is 9.28. The molecule has 1 aromatic heterocycles. The zero-order valence-electron chi connectivity index (χ0n) is 12.3. The van der Waals surface area contributed by atoms with Gasteiger partial charge in [-0.3, -0.25) is 0 Å². The molecule has 0 aromatic carbocycles. The Kier molecular flexibility index (Phi) is 6.17. The number of thiophene rings is 1. The van der Waals surface area contributed by atoms with Crippen molar-refractivity contribution in [1.29, 1.82) is 0 Å². The predicted octanol–water partition coefficient (Wildman–Crippen LogP) is 1.08. The third kappa shape index (κ3) is 4.30. The smallest absolute Gasteiger partial charge is 0.282 e. The molecule has 0 saturated carbocycles. The molecule has 0 radical (unpaired) electrons. The Morgan fingerprint density at radius 3 is 2.60 bits per heavy atom. The molecule has 0 spiro atoms. The summed E-state index contributed by atoms with van der Waals surface area (Å²) in [6.07, 6.45) is 0. The first-order valence-electron chi connectivity index (χ1n) is 6.24. The van der Waals surface area contributed by atoms with Gasteiger partial charge in [0, 0.05) is 42.5 Å². The van der Waals surface area contributed by atoms with Gasteiger partial charge in [-0.1, -0.05) is 11.8 Å². The molecule has 7 heteroatoms. The van der Waals surface area contributed by atoms with E-state index in [0.717, 1.165) is 10.4 Å². The highest BCUT2D eigenvalue weighted by molar-refractivity contribution is 7.86. The van der Waals surface area contributed by atoms with Gasteiger partial charge in [0.2, 0.25) is 0 Å². The van der Waals surface area contributed by atoms with Gasteiger partial charge < -0.3 is 5.73 Å². The fourth-order valence-corrected chi connectivity index (χ4v) is 3.69. The Morgan fingerprint density at radius 2 is 2.05 bits per heavy atom. The standard InChI is InChI=1S/C13H21N3O2S2/c1-11(2)16(4)20(17,18)15(3)9-13-8-12(10-19-13)6-5-7-14/h8,10-11H,7,9,14H2,1-4H3. The van der Waals surface area contributed by atoms with Crippen LogP contribution >= 0.6 is 11.3 Å². The van der Waals surface area contributed by atoms with Crippen LogP contribution in [0.4, 0.5) is 0 Å². The molecular formula is C13H21N3O2S2. The van der Waals surface area contributed by atoms with Crippen molar-refractivity contribution in [1.82, 2.24) is 8.61 Å². The lowest BCUT2D eigenvalue weighted by Crippen LogP contribution is -2.42. The Morgan fingerprint density at radius 1 is 1.40 bits per heavy atom. The van der Waals surface area contributed by atoms with E-state index in [4.69, 9.17) is 5.73 Å². The second-order valence-electron chi connectivity index (χ2n) is 4.68. The molecule has 1 aromatic rings. The van der Waals surface area contributed by atoms with Gasteiger partial charge in [-0.05, 0) is 19.9 Å². The molecule has 2 N–H and O–H groups in total. The number of nitrogens with zero attached hydrogens (tertiary/aromatic N) is 2. The fourth-order valence-electron chi connectivity index (χ4n) is 1.47. The van der Waals surface area contributed by atoms with Crippen molar-refractivity contribution < 1.29 is 8.42 Å². The SMILES string of the molecule is CC(C)N(C)S(=O)(=O)N(C)Cc1cc(C#CCN)cs1.